The minimum absolute atomic E-state index is 0. The molecule has 0 atom stereocenters. The molecule has 0 unspecified atom stereocenters. The molecule has 1 aromatic heterocycles. The Balaban J connectivity index is 0.00000240. The molecule has 0 radical (unpaired) electrons. The predicted octanol–water partition coefficient (Wildman–Crippen LogP) is 2.93. The van der Waals surface area contributed by atoms with Crippen LogP contribution >= 0.6 is 12.4 Å². The maximum absolute atomic E-state index is 11.0. The van der Waals surface area contributed by atoms with E-state index in [-0.39, 0.29) is 12.4 Å². The highest BCUT2D eigenvalue weighted by molar-refractivity contribution is 5.90. The molecular weight excluding hydrogens is 392 g/mol. The average molecular weight is 415 g/mol. The molecule has 29 heavy (non-hydrogen) atoms. The van der Waals surface area contributed by atoms with Crippen LogP contribution in [0.1, 0.15) is 17.0 Å². The summed E-state index contributed by atoms with van der Waals surface area (Å²) in [5, 5.41) is 8.50. The number of aromatic nitrogens is 2. The number of anilines is 1. The quantitative estimate of drug-likeness (QED) is 0.339. The van der Waals surface area contributed by atoms with E-state index >= 15 is 0 Å². The molecular formula is C21H23ClN4O3. The van der Waals surface area contributed by atoms with E-state index in [2.05, 4.69) is 28.1 Å². The van der Waals surface area contributed by atoms with Crippen LogP contribution in [0.5, 0.6) is 0 Å². The van der Waals surface area contributed by atoms with Crippen LogP contribution in [-0.4, -0.2) is 47.4 Å². The van der Waals surface area contributed by atoms with Crippen LogP contribution in [0.15, 0.2) is 48.5 Å². The van der Waals surface area contributed by atoms with Gasteiger partial charge < -0.3 is 14.6 Å². The van der Waals surface area contributed by atoms with Crippen LogP contribution in [0.25, 0.3) is 17.1 Å². The lowest BCUT2D eigenvalue weighted by Crippen LogP contribution is -2.36. The maximum Gasteiger partial charge on any atom is 0.267 e. The van der Waals surface area contributed by atoms with Gasteiger partial charge in [0.05, 0.1) is 24.2 Å². The molecule has 1 saturated heterocycles. The van der Waals surface area contributed by atoms with Crippen LogP contribution in [0.2, 0.25) is 0 Å². The normalized spacial score (nSPS) is 14.2. The summed E-state index contributed by atoms with van der Waals surface area (Å²) in [5.74, 6) is 0.361. The number of rotatable bonds is 5. The standard InChI is InChI=1S/C21H22N4O3.ClH/c26-21(24-27)8-5-15-1-3-16(4-2-15)13-20-22-18-7-6-17(14-19(18)23-20)25-9-11-28-12-10-25;/h1-8,14,27H,9-13H2,(H,22,23)(H,24,26);1H/b8-5+;. The second-order valence-electron chi connectivity index (χ2n) is 6.71. The fourth-order valence-corrected chi connectivity index (χ4v) is 3.30. The molecule has 3 aromatic rings. The molecule has 1 fully saturated rings. The number of ether oxygens (including phenoxy) is 1. The summed E-state index contributed by atoms with van der Waals surface area (Å²) in [4.78, 5) is 21.5. The number of amides is 1. The molecule has 0 saturated carbocycles. The molecule has 7 nitrogen and oxygen atoms in total. The van der Waals surface area contributed by atoms with Crippen LogP contribution in [0, 0.1) is 0 Å². The lowest BCUT2D eigenvalue weighted by molar-refractivity contribution is -0.124. The first kappa shape index (κ1) is 20.9. The number of benzene rings is 2. The van der Waals surface area contributed by atoms with Crippen molar-refractivity contribution in [1.82, 2.24) is 15.4 Å². The highest BCUT2D eigenvalue weighted by Crippen LogP contribution is 2.22. The van der Waals surface area contributed by atoms with Crippen molar-refractivity contribution < 1.29 is 14.7 Å². The maximum atomic E-state index is 11.0. The Kier molecular flexibility index (Phi) is 6.87. The number of nitrogens with zero attached hydrogens (tertiary/aromatic N) is 2. The first-order valence-corrected chi connectivity index (χ1v) is 9.24. The molecule has 1 aliphatic heterocycles. The minimum atomic E-state index is -0.553. The van der Waals surface area contributed by atoms with Crippen molar-refractivity contribution in [3.05, 3.63) is 65.5 Å². The van der Waals surface area contributed by atoms with Crippen molar-refractivity contribution in [3.63, 3.8) is 0 Å². The third kappa shape index (κ3) is 5.14. The van der Waals surface area contributed by atoms with Crippen LogP contribution < -0.4 is 10.4 Å². The van der Waals surface area contributed by atoms with Gasteiger partial charge in [0, 0.05) is 31.3 Å². The first-order chi connectivity index (χ1) is 13.7. The molecule has 0 aliphatic carbocycles. The second kappa shape index (κ2) is 9.56. The molecule has 8 heteroatoms. The second-order valence-corrected chi connectivity index (χ2v) is 6.71. The van der Waals surface area contributed by atoms with Crippen LogP contribution in [-0.2, 0) is 16.0 Å². The molecule has 2 aromatic carbocycles. The van der Waals surface area contributed by atoms with E-state index in [0.717, 1.165) is 54.3 Å². The lowest BCUT2D eigenvalue weighted by atomic mass is 10.1. The summed E-state index contributed by atoms with van der Waals surface area (Å²) in [6.07, 6.45) is 3.62. The highest BCUT2D eigenvalue weighted by Gasteiger charge is 2.12. The Hall–Kier alpha value is -2.87. The number of carbonyl (C=O) groups excluding carboxylic acids is 1. The molecule has 2 heterocycles. The van der Waals surface area contributed by atoms with Crippen LogP contribution in [0.3, 0.4) is 0 Å². The molecule has 0 spiro atoms. The number of H-pyrrole nitrogens is 1. The number of carbonyl (C=O) groups is 1. The van der Waals surface area contributed by atoms with E-state index < -0.39 is 5.91 Å². The summed E-state index contributed by atoms with van der Waals surface area (Å²) < 4.78 is 5.42. The summed E-state index contributed by atoms with van der Waals surface area (Å²) >= 11 is 0. The zero-order valence-electron chi connectivity index (χ0n) is 15.8. The summed E-state index contributed by atoms with van der Waals surface area (Å²) in [5.41, 5.74) is 6.76. The Labute approximate surface area is 174 Å². The molecule has 152 valence electrons. The van der Waals surface area contributed by atoms with Crippen molar-refractivity contribution >= 4 is 41.1 Å². The van der Waals surface area contributed by atoms with Crippen molar-refractivity contribution in [2.75, 3.05) is 31.2 Å². The Morgan fingerprint density at radius 1 is 1.21 bits per heavy atom. The average Bonchev–Trinajstić information content (AvgIpc) is 3.15. The topological polar surface area (TPSA) is 90.5 Å². The van der Waals surface area contributed by atoms with Gasteiger partial charge in [0.15, 0.2) is 0 Å². The van der Waals surface area contributed by atoms with E-state index in [9.17, 15) is 4.79 Å². The smallest absolute Gasteiger partial charge is 0.267 e. The predicted molar refractivity (Wildman–Crippen MR) is 115 cm³/mol. The number of hydroxylamine groups is 1. The van der Waals surface area contributed by atoms with E-state index in [4.69, 9.17) is 14.9 Å². The van der Waals surface area contributed by atoms with Gasteiger partial charge in [-0.25, -0.2) is 10.5 Å². The first-order valence-electron chi connectivity index (χ1n) is 9.24. The minimum Gasteiger partial charge on any atom is -0.378 e. The number of fused-ring (bicyclic) bond motifs is 1. The third-order valence-corrected chi connectivity index (χ3v) is 4.78. The van der Waals surface area contributed by atoms with Crippen molar-refractivity contribution in [1.29, 1.82) is 0 Å². The summed E-state index contributed by atoms with van der Waals surface area (Å²) in [6.45, 7) is 3.35. The monoisotopic (exact) mass is 414 g/mol. The van der Waals surface area contributed by atoms with Gasteiger partial charge in [-0.3, -0.25) is 10.0 Å². The number of hydrogen-bond acceptors (Lipinski definition) is 5. The van der Waals surface area contributed by atoms with Crippen molar-refractivity contribution in [2.45, 2.75) is 6.42 Å². The Morgan fingerprint density at radius 3 is 2.69 bits per heavy atom. The largest absolute Gasteiger partial charge is 0.378 e. The summed E-state index contributed by atoms with van der Waals surface area (Å²) in [7, 11) is 0. The number of imidazole rings is 1. The van der Waals surface area contributed by atoms with E-state index in [1.54, 1.807) is 11.6 Å². The SMILES string of the molecule is Cl.O=C(/C=C/c1ccc(Cc2nc3ccc(N4CCOCC4)cc3[nH]2)cc1)NO. The zero-order valence-corrected chi connectivity index (χ0v) is 16.6. The molecule has 1 aliphatic rings. The van der Waals surface area contributed by atoms with E-state index in [1.165, 1.54) is 11.8 Å². The van der Waals surface area contributed by atoms with Gasteiger partial charge in [-0.2, -0.15) is 0 Å². The number of halogens is 1. The number of nitrogens with one attached hydrogen (secondary N) is 2. The fraction of sp³-hybridized carbons (Fsp3) is 0.238. The number of aromatic amines is 1. The Bertz CT molecular complexity index is 995. The fourth-order valence-electron chi connectivity index (χ4n) is 3.30. The number of morpholine rings is 1. The van der Waals surface area contributed by atoms with Gasteiger partial charge in [-0.1, -0.05) is 24.3 Å². The lowest BCUT2D eigenvalue weighted by Gasteiger charge is -2.28. The van der Waals surface area contributed by atoms with E-state index in [1.807, 2.05) is 24.3 Å². The highest BCUT2D eigenvalue weighted by atomic mass is 35.5. The number of hydrogen-bond donors (Lipinski definition) is 3. The van der Waals surface area contributed by atoms with Crippen molar-refractivity contribution in [2.24, 2.45) is 0 Å². The van der Waals surface area contributed by atoms with Gasteiger partial charge in [0.1, 0.15) is 5.82 Å². The molecule has 4 rings (SSSR count). The molecule has 0 bridgehead atoms. The Morgan fingerprint density at radius 2 is 1.97 bits per heavy atom. The summed E-state index contributed by atoms with van der Waals surface area (Å²) in [6, 6.07) is 14.2. The molecule has 1 amide bonds. The van der Waals surface area contributed by atoms with Gasteiger partial charge in [-0.05, 0) is 35.4 Å². The third-order valence-electron chi connectivity index (χ3n) is 4.78. The van der Waals surface area contributed by atoms with Gasteiger partial charge in [-0.15, -0.1) is 12.4 Å². The zero-order chi connectivity index (χ0) is 19.3. The van der Waals surface area contributed by atoms with Gasteiger partial charge in [0.25, 0.3) is 5.91 Å². The van der Waals surface area contributed by atoms with Gasteiger partial charge >= 0.3 is 0 Å². The van der Waals surface area contributed by atoms with E-state index in [0.29, 0.717) is 6.42 Å². The van der Waals surface area contributed by atoms with Crippen molar-refractivity contribution in [3.8, 4) is 0 Å². The van der Waals surface area contributed by atoms with Crippen LogP contribution in [0.4, 0.5) is 5.69 Å². The van der Waals surface area contributed by atoms with Gasteiger partial charge in [0.2, 0.25) is 0 Å². The molecule has 3 N–H and O–H groups in total.